The first-order chi connectivity index (χ1) is 14.6. The van der Waals surface area contributed by atoms with Gasteiger partial charge in [-0.15, -0.1) is 10.2 Å². The van der Waals surface area contributed by atoms with Gasteiger partial charge in [0.1, 0.15) is 0 Å². The number of aryl methyl sites for hydroxylation is 2. The first-order valence-corrected chi connectivity index (χ1v) is 9.94. The molecular weight excluding hydrogens is 386 g/mol. The molecule has 2 amide bonds. The Labute approximate surface area is 173 Å². The molecule has 0 bridgehead atoms. The summed E-state index contributed by atoms with van der Waals surface area (Å²) >= 11 is 0. The highest BCUT2D eigenvalue weighted by atomic mass is 16.5. The highest BCUT2D eigenvalue weighted by Gasteiger charge is 2.26. The van der Waals surface area contributed by atoms with E-state index in [1.54, 1.807) is 22.8 Å². The van der Waals surface area contributed by atoms with Gasteiger partial charge >= 0.3 is 0 Å². The molecule has 0 unspecified atom stereocenters. The minimum Gasteiger partial charge on any atom is -0.351 e. The van der Waals surface area contributed by atoms with Gasteiger partial charge in [0.25, 0.3) is 5.91 Å². The third-order valence-corrected chi connectivity index (χ3v) is 4.99. The number of benzene rings is 1. The summed E-state index contributed by atoms with van der Waals surface area (Å²) in [5.74, 6) is 0.697. The molecule has 0 radical (unpaired) electrons. The van der Waals surface area contributed by atoms with Crippen LogP contribution in [0.4, 0.5) is 0 Å². The van der Waals surface area contributed by atoms with E-state index in [-0.39, 0.29) is 17.6 Å². The number of amides is 2. The lowest BCUT2D eigenvalue weighted by molar-refractivity contribution is -0.132. The molecule has 3 heterocycles. The van der Waals surface area contributed by atoms with Gasteiger partial charge in [0.05, 0.1) is 12.2 Å². The first-order valence-electron chi connectivity index (χ1n) is 9.94. The Morgan fingerprint density at radius 1 is 1.07 bits per heavy atom. The van der Waals surface area contributed by atoms with Crippen molar-refractivity contribution < 1.29 is 14.1 Å². The van der Waals surface area contributed by atoms with Gasteiger partial charge < -0.3 is 14.3 Å². The SMILES string of the molecule is Cc1cc(C(=O)N2CCN(C(=O)CCCn3nnc(-c4ccccc4)n3)CC2)on1. The number of carbonyl (C=O) groups is 2. The molecule has 1 aliphatic rings. The second-order valence-electron chi connectivity index (χ2n) is 7.18. The van der Waals surface area contributed by atoms with Crippen LogP contribution in [0.2, 0.25) is 0 Å². The topological polar surface area (TPSA) is 110 Å². The van der Waals surface area contributed by atoms with Gasteiger partial charge in [-0.25, -0.2) is 0 Å². The fourth-order valence-corrected chi connectivity index (χ4v) is 3.35. The molecule has 1 saturated heterocycles. The molecule has 3 aromatic rings. The third kappa shape index (κ3) is 4.53. The van der Waals surface area contributed by atoms with E-state index in [0.29, 0.717) is 57.1 Å². The number of hydrogen-bond acceptors (Lipinski definition) is 7. The smallest absolute Gasteiger partial charge is 0.292 e. The first kappa shape index (κ1) is 19.7. The fourth-order valence-electron chi connectivity index (χ4n) is 3.35. The van der Waals surface area contributed by atoms with Crippen molar-refractivity contribution in [1.29, 1.82) is 0 Å². The highest BCUT2D eigenvalue weighted by Crippen LogP contribution is 2.13. The molecule has 156 valence electrons. The summed E-state index contributed by atoms with van der Waals surface area (Å²) in [7, 11) is 0. The van der Waals surface area contributed by atoms with Gasteiger partial charge in [0.15, 0.2) is 0 Å². The maximum absolute atomic E-state index is 12.5. The van der Waals surface area contributed by atoms with Crippen molar-refractivity contribution in [3.8, 4) is 11.4 Å². The van der Waals surface area contributed by atoms with Crippen LogP contribution < -0.4 is 0 Å². The Bertz CT molecular complexity index is 1010. The number of rotatable bonds is 6. The van der Waals surface area contributed by atoms with E-state index >= 15 is 0 Å². The number of piperazine rings is 1. The van der Waals surface area contributed by atoms with Gasteiger partial charge in [-0.3, -0.25) is 9.59 Å². The monoisotopic (exact) mass is 409 g/mol. The molecule has 30 heavy (non-hydrogen) atoms. The summed E-state index contributed by atoms with van der Waals surface area (Å²) in [5.41, 5.74) is 1.58. The van der Waals surface area contributed by atoms with Crippen molar-refractivity contribution >= 4 is 11.8 Å². The van der Waals surface area contributed by atoms with E-state index in [1.807, 2.05) is 30.3 Å². The summed E-state index contributed by atoms with van der Waals surface area (Å²) in [6.45, 7) is 4.28. The minimum atomic E-state index is -0.186. The standard InChI is InChI=1S/C20H23N7O3/c1-15-14-17(30-23-15)20(29)26-12-10-25(11-13-26)18(28)8-5-9-27-22-19(21-24-27)16-6-3-2-4-7-16/h2-4,6-7,14H,5,8-13H2,1H3. The van der Waals surface area contributed by atoms with Crippen LogP contribution in [0.25, 0.3) is 11.4 Å². The molecule has 10 heteroatoms. The van der Waals surface area contributed by atoms with Crippen LogP contribution >= 0.6 is 0 Å². The van der Waals surface area contributed by atoms with Crippen molar-refractivity contribution in [1.82, 2.24) is 35.2 Å². The van der Waals surface area contributed by atoms with Gasteiger partial charge in [-0.2, -0.15) is 4.80 Å². The van der Waals surface area contributed by atoms with Crippen molar-refractivity contribution in [3.05, 3.63) is 47.9 Å². The molecule has 0 N–H and O–H groups in total. The molecule has 0 saturated carbocycles. The Morgan fingerprint density at radius 2 is 1.80 bits per heavy atom. The van der Waals surface area contributed by atoms with E-state index in [0.717, 1.165) is 5.56 Å². The molecule has 10 nitrogen and oxygen atoms in total. The molecule has 0 atom stereocenters. The van der Waals surface area contributed by atoms with E-state index in [4.69, 9.17) is 4.52 Å². The number of hydrogen-bond donors (Lipinski definition) is 0. The number of tetrazole rings is 1. The van der Waals surface area contributed by atoms with Gasteiger partial charge in [-0.1, -0.05) is 35.5 Å². The fraction of sp³-hybridized carbons (Fsp3) is 0.400. The maximum Gasteiger partial charge on any atom is 0.292 e. The van der Waals surface area contributed by atoms with Crippen LogP contribution in [0.15, 0.2) is 40.9 Å². The summed E-state index contributed by atoms with van der Waals surface area (Å²) < 4.78 is 5.04. The molecule has 0 spiro atoms. The van der Waals surface area contributed by atoms with Crippen LogP contribution in [0, 0.1) is 6.92 Å². The molecule has 2 aromatic heterocycles. The van der Waals surface area contributed by atoms with Gasteiger partial charge in [-0.05, 0) is 18.6 Å². The van der Waals surface area contributed by atoms with E-state index in [9.17, 15) is 9.59 Å². The number of carbonyl (C=O) groups excluding carboxylic acids is 2. The van der Waals surface area contributed by atoms with Gasteiger partial charge in [0.2, 0.25) is 17.5 Å². The molecule has 0 aliphatic carbocycles. The van der Waals surface area contributed by atoms with Crippen LogP contribution in [0.1, 0.15) is 29.1 Å². The summed E-state index contributed by atoms with van der Waals surface area (Å²) in [6, 6.07) is 11.3. The Kier molecular flexibility index (Phi) is 5.82. The summed E-state index contributed by atoms with van der Waals surface area (Å²) in [4.78, 5) is 29.9. The van der Waals surface area contributed by atoms with Crippen LogP contribution in [-0.4, -0.2) is 73.2 Å². The lowest BCUT2D eigenvalue weighted by Crippen LogP contribution is -2.50. The van der Waals surface area contributed by atoms with Crippen molar-refractivity contribution in [2.75, 3.05) is 26.2 Å². The van der Waals surface area contributed by atoms with Crippen LogP contribution in [0.3, 0.4) is 0 Å². The lowest BCUT2D eigenvalue weighted by atomic mass is 10.2. The van der Waals surface area contributed by atoms with E-state index in [1.165, 1.54) is 4.80 Å². The van der Waals surface area contributed by atoms with Gasteiger partial charge in [0, 0.05) is 44.2 Å². The molecule has 1 aliphatic heterocycles. The maximum atomic E-state index is 12.5. The number of aromatic nitrogens is 5. The Hall–Kier alpha value is -3.56. The third-order valence-electron chi connectivity index (χ3n) is 4.99. The normalized spacial score (nSPS) is 14.2. The van der Waals surface area contributed by atoms with Crippen LogP contribution in [-0.2, 0) is 11.3 Å². The van der Waals surface area contributed by atoms with Crippen molar-refractivity contribution in [2.45, 2.75) is 26.3 Å². The molecular formula is C20H23N7O3. The predicted octanol–water partition coefficient (Wildman–Crippen LogP) is 1.40. The van der Waals surface area contributed by atoms with E-state index in [2.05, 4.69) is 20.6 Å². The summed E-state index contributed by atoms with van der Waals surface area (Å²) in [6.07, 6.45) is 1.03. The molecule has 1 fully saturated rings. The molecule has 4 rings (SSSR count). The largest absolute Gasteiger partial charge is 0.351 e. The number of nitrogens with zero attached hydrogens (tertiary/aromatic N) is 7. The second-order valence-corrected chi connectivity index (χ2v) is 7.18. The predicted molar refractivity (Wildman–Crippen MR) is 106 cm³/mol. The Morgan fingerprint density at radius 3 is 2.50 bits per heavy atom. The highest BCUT2D eigenvalue weighted by molar-refractivity contribution is 5.91. The minimum absolute atomic E-state index is 0.0704. The average Bonchev–Trinajstić information content (AvgIpc) is 3.43. The van der Waals surface area contributed by atoms with Crippen molar-refractivity contribution in [2.24, 2.45) is 0 Å². The van der Waals surface area contributed by atoms with E-state index < -0.39 is 0 Å². The Balaban J connectivity index is 1.21. The zero-order valence-corrected chi connectivity index (χ0v) is 16.8. The lowest BCUT2D eigenvalue weighted by Gasteiger charge is -2.34. The zero-order valence-electron chi connectivity index (χ0n) is 16.8. The summed E-state index contributed by atoms with van der Waals surface area (Å²) in [5, 5.41) is 16.2. The quantitative estimate of drug-likeness (QED) is 0.605. The van der Waals surface area contributed by atoms with Crippen LogP contribution in [0.5, 0.6) is 0 Å². The average molecular weight is 409 g/mol. The molecule has 1 aromatic carbocycles. The zero-order chi connectivity index (χ0) is 20.9. The second kappa shape index (κ2) is 8.85. The van der Waals surface area contributed by atoms with Crippen molar-refractivity contribution in [3.63, 3.8) is 0 Å².